The fraction of sp³-hybridized carbons (Fsp3) is 0.882. The highest BCUT2D eigenvalue weighted by atomic mass is 35.5. The lowest BCUT2D eigenvalue weighted by Gasteiger charge is -2.31. The Bertz CT molecular complexity index is 332. The highest BCUT2D eigenvalue weighted by Gasteiger charge is 2.26. The lowest BCUT2D eigenvalue weighted by Crippen LogP contribution is -2.43. The van der Waals surface area contributed by atoms with Gasteiger partial charge in [-0.25, -0.2) is 0 Å². The molecule has 0 atom stereocenters. The van der Waals surface area contributed by atoms with Gasteiger partial charge in [-0.2, -0.15) is 0 Å². The van der Waals surface area contributed by atoms with E-state index in [1.54, 1.807) is 0 Å². The molecule has 3 N–H and O–H groups in total. The number of hydrogen-bond acceptors (Lipinski definition) is 3. The zero-order valence-corrected chi connectivity index (χ0v) is 15.3. The van der Waals surface area contributed by atoms with Gasteiger partial charge in [-0.3, -0.25) is 9.59 Å². The first-order chi connectivity index (χ1) is 10.7. The average Bonchev–Trinajstić information content (AvgIpc) is 2.54. The zero-order valence-electron chi connectivity index (χ0n) is 14.5. The van der Waals surface area contributed by atoms with Crippen molar-refractivity contribution in [2.75, 3.05) is 26.2 Å². The number of halogens is 1. The molecule has 1 aliphatic rings. The van der Waals surface area contributed by atoms with Crippen molar-refractivity contribution in [3.63, 3.8) is 0 Å². The van der Waals surface area contributed by atoms with Crippen molar-refractivity contribution in [3.05, 3.63) is 0 Å². The van der Waals surface area contributed by atoms with Crippen LogP contribution in [0.3, 0.4) is 0 Å². The van der Waals surface area contributed by atoms with Crippen LogP contribution in [0.25, 0.3) is 0 Å². The van der Waals surface area contributed by atoms with Gasteiger partial charge in [0.15, 0.2) is 0 Å². The third-order valence-electron chi connectivity index (χ3n) is 4.39. The van der Waals surface area contributed by atoms with E-state index in [1.165, 1.54) is 0 Å². The minimum atomic E-state index is 0. The molecule has 0 radical (unpaired) electrons. The molecule has 2 amide bonds. The van der Waals surface area contributed by atoms with E-state index in [0.29, 0.717) is 6.42 Å². The van der Waals surface area contributed by atoms with E-state index in [-0.39, 0.29) is 30.1 Å². The second kappa shape index (κ2) is 13.6. The molecule has 1 heterocycles. The summed E-state index contributed by atoms with van der Waals surface area (Å²) in [6.45, 7) is 5.09. The molecule has 1 aliphatic heterocycles. The highest BCUT2D eigenvalue weighted by molar-refractivity contribution is 5.85. The monoisotopic (exact) mass is 347 g/mol. The van der Waals surface area contributed by atoms with E-state index in [4.69, 9.17) is 5.73 Å². The summed E-state index contributed by atoms with van der Waals surface area (Å²) < 4.78 is 0. The normalized spacial score (nSPS) is 15.1. The van der Waals surface area contributed by atoms with Gasteiger partial charge in [0.25, 0.3) is 0 Å². The molecule has 0 unspecified atom stereocenters. The molecule has 0 saturated carbocycles. The van der Waals surface area contributed by atoms with Crippen LogP contribution in [0.5, 0.6) is 0 Å². The van der Waals surface area contributed by atoms with Gasteiger partial charge in [0, 0.05) is 32.0 Å². The smallest absolute Gasteiger partial charge is 0.223 e. The molecule has 0 aliphatic carbocycles. The Morgan fingerprint density at radius 1 is 1.09 bits per heavy atom. The number of carbonyl (C=O) groups excluding carboxylic acids is 2. The summed E-state index contributed by atoms with van der Waals surface area (Å²) in [5.74, 6) is 0.505. The summed E-state index contributed by atoms with van der Waals surface area (Å²) in [5.41, 5.74) is 5.46. The van der Waals surface area contributed by atoms with E-state index in [1.807, 2.05) is 4.90 Å². The van der Waals surface area contributed by atoms with Gasteiger partial charge in [-0.1, -0.05) is 26.2 Å². The largest absolute Gasteiger partial charge is 0.356 e. The third-order valence-corrected chi connectivity index (χ3v) is 4.39. The number of nitrogens with one attached hydrogen (secondary N) is 1. The fourth-order valence-corrected chi connectivity index (χ4v) is 2.86. The molecule has 23 heavy (non-hydrogen) atoms. The van der Waals surface area contributed by atoms with Crippen molar-refractivity contribution in [2.45, 2.75) is 64.7 Å². The molecule has 0 spiro atoms. The Balaban J connectivity index is 0.00000484. The molecule has 6 heteroatoms. The second-order valence-electron chi connectivity index (χ2n) is 6.25. The number of unbranched alkanes of at least 4 members (excludes halogenated alkanes) is 4. The number of hydrogen-bond donors (Lipinski definition) is 2. The first kappa shape index (κ1) is 22.2. The Morgan fingerprint density at radius 2 is 1.74 bits per heavy atom. The number of nitrogens with zero attached hydrogens (tertiary/aromatic N) is 1. The number of amides is 2. The highest BCUT2D eigenvalue weighted by Crippen LogP contribution is 2.18. The standard InChI is InChI=1S/C17H33N3O2.ClH/c1-2-3-12-19-17(22)15-9-13-20(14-10-15)16(21)8-6-4-5-7-11-18;/h15H,2-14,18H2,1H3,(H,19,22);1H. The molecule has 5 nitrogen and oxygen atoms in total. The molecular weight excluding hydrogens is 314 g/mol. The number of likely N-dealkylation sites (tertiary alicyclic amines) is 1. The van der Waals surface area contributed by atoms with Crippen molar-refractivity contribution < 1.29 is 9.59 Å². The molecule has 0 aromatic rings. The zero-order chi connectivity index (χ0) is 16.2. The predicted molar refractivity (Wildman–Crippen MR) is 96.6 cm³/mol. The van der Waals surface area contributed by atoms with E-state index < -0.39 is 0 Å². The van der Waals surface area contributed by atoms with Crippen molar-refractivity contribution in [3.8, 4) is 0 Å². The molecule has 0 aromatic heterocycles. The Kier molecular flexibility index (Phi) is 13.1. The van der Waals surface area contributed by atoms with Crippen LogP contribution < -0.4 is 11.1 Å². The molecule has 1 saturated heterocycles. The second-order valence-corrected chi connectivity index (χ2v) is 6.25. The van der Waals surface area contributed by atoms with Crippen LogP contribution >= 0.6 is 12.4 Å². The molecule has 1 fully saturated rings. The average molecular weight is 348 g/mol. The van der Waals surface area contributed by atoms with Gasteiger partial charge in [0.2, 0.25) is 11.8 Å². The van der Waals surface area contributed by atoms with Crippen LogP contribution in [0.2, 0.25) is 0 Å². The van der Waals surface area contributed by atoms with Crippen molar-refractivity contribution in [1.82, 2.24) is 10.2 Å². The van der Waals surface area contributed by atoms with Gasteiger partial charge >= 0.3 is 0 Å². The minimum Gasteiger partial charge on any atom is -0.356 e. The van der Waals surface area contributed by atoms with Gasteiger partial charge in [0.05, 0.1) is 0 Å². The quantitative estimate of drug-likeness (QED) is 0.596. The van der Waals surface area contributed by atoms with Crippen LogP contribution in [0.4, 0.5) is 0 Å². The lowest BCUT2D eigenvalue weighted by molar-refractivity contribution is -0.135. The summed E-state index contributed by atoms with van der Waals surface area (Å²) in [4.78, 5) is 26.0. The van der Waals surface area contributed by atoms with E-state index in [0.717, 1.165) is 77.5 Å². The summed E-state index contributed by atoms with van der Waals surface area (Å²) >= 11 is 0. The number of nitrogens with two attached hydrogens (primary N) is 1. The predicted octanol–water partition coefficient (Wildman–Crippen LogP) is 2.47. The van der Waals surface area contributed by atoms with Crippen LogP contribution in [0.1, 0.15) is 64.7 Å². The van der Waals surface area contributed by atoms with Crippen LogP contribution in [0.15, 0.2) is 0 Å². The summed E-state index contributed by atoms with van der Waals surface area (Å²) in [6.07, 6.45) is 8.57. The number of carbonyl (C=O) groups is 2. The van der Waals surface area contributed by atoms with Gasteiger partial charge in [-0.15, -0.1) is 12.4 Å². The van der Waals surface area contributed by atoms with Crippen LogP contribution in [-0.2, 0) is 9.59 Å². The first-order valence-corrected chi connectivity index (χ1v) is 8.94. The van der Waals surface area contributed by atoms with E-state index >= 15 is 0 Å². The van der Waals surface area contributed by atoms with Crippen molar-refractivity contribution >= 4 is 24.2 Å². The van der Waals surface area contributed by atoms with Gasteiger partial charge in [-0.05, 0) is 38.6 Å². The van der Waals surface area contributed by atoms with Crippen LogP contribution in [-0.4, -0.2) is 42.9 Å². The SMILES string of the molecule is CCCCNC(=O)C1CCN(C(=O)CCCCCCN)CC1.Cl. The van der Waals surface area contributed by atoms with Crippen LogP contribution in [0, 0.1) is 5.92 Å². The molecular formula is C17H34ClN3O2. The van der Waals surface area contributed by atoms with Crippen molar-refractivity contribution in [2.24, 2.45) is 11.7 Å². The first-order valence-electron chi connectivity index (χ1n) is 8.94. The molecule has 136 valence electrons. The topological polar surface area (TPSA) is 75.4 Å². The summed E-state index contributed by atoms with van der Waals surface area (Å²) in [5, 5.41) is 3.00. The van der Waals surface area contributed by atoms with E-state index in [9.17, 15) is 9.59 Å². The maximum atomic E-state index is 12.1. The third kappa shape index (κ3) is 9.16. The lowest BCUT2D eigenvalue weighted by atomic mass is 9.95. The fourth-order valence-electron chi connectivity index (χ4n) is 2.86. The summed E-state index contributed by atoms with van der Waals surface area (Å²) in [6, 6.07) is 0. The maximum absolute atomic E-state index is 12.1. The number of piperidine rings is 1. The Morgan fingerprint density at radius 3 is 2.35 bits per heavy atom. The van der Waals surface area contributed by atoms with Crippen molar-refractivity contribution in [1.29, 1.82) is 0 Å². The molecule has 0 bridgehead atoms. The molecule has 0 aromatic carbocycles. The molecule has 1 rings (SSSR count). The summed E-state index contributed by atoms with van der Waals surface area (Å²) in [7, 11) is 0. The van der Waals surface area contributed by atoms with Gasteiger partial charge in [0.1, 0.15) is 0 Å². The Labute approximate surface area is 147 Å². The Hall–Kier alpha value is -0.810. The maximum Gasteiger partial charge on any atom is 0.223 e. The van der Waals surface area contributed by atoms with Gasteiger partial charge < -0.3 is 16.0 Å². The minimum absolute atomic E-state index is 0. The number of rotatable bonds is 10. The van der Waals surface area contributed by atoms with E-state index in [2.05, 4.69) is 12.2 Å².